The van der Waals surface area contributed by atoms with E-state index in [-0.39, 0.29) is 35.6 Å². The van der Waals surface area contributed by atoms with E-state index in [0.717, 1.165) is 37.9 Å². The van der Waals surface area contributed by atoms with Crippen LogP contribution in [0.4, 0.5) is 4.79 Å². The number of carbonyl (C=O) groups is 3. The molecule has 0 radical (unpaired) electrons. The zero-order chi connectivity index (χ0) is 29.1. The molecule has 40 heavy (non-hydrogen) atoms. The molecule has 0 spiro atoms. The molecule has 4 amide bonds. The summed E-state index contributed by atoms with van der Waals surface area (Å²) in [5.41, 5.74) is 5.61. The van der Waals surface area contributed by atoms with Gasteiger partial charge in [0, 0.05) is 51.9 Å². The van der Waals surface area contributed by atoms with Crippen molar-refractivity contribution in [1.82, 2.24) is 30.9 Å². The molecule has 3 N–H and O–H groups in total. The van der Waals surface area contributed by atoms with Gasteiger partial charge in [0.25, 0.3) is 11.8 Å². The van der Waals surface area contributed by atoms with E-state index in [1.165, 1.54) is 7.11 Å². The van der Waals surface area contributed by atoms with E-state index >= 15 is 0 Å². The first-order valence-electron chi connectivity index (χ1n) is 13.6. The van der Waals surface area contributed by atoms with Crippen molar-refractivity contribution in [2.24, 2.45) is 0 Å². The highest BCUT2D eigenvalue weighted by molar-refractivity contribution is 7.07. The van der Waals surface area contributed by atoms with Crippen LogP contribution in [0.25, 0.3) is 0 Å². The topological polar surface area (TPSA) is 125 Å². The van der Waals surface area contributed by atoms with Crippen LogP contribution in [0.5, 0.6) is 0 Å². The SMILES string of the molecule is COCCNC(=O)c1cc(C)c(C(=O)NCC[C@@H](C)N2CCC(N(Cc3ccsc3)C(=O)NOC)CC2)c(C)n1. The van der Waals surface area contributed by atoms with Crippen LogP contribution in [0.3, 0.4) is 0 Å². The number of nitrogens with one attached hydrogen (secondary N) is 3. The molecule has 0 unspecified atom stereocenters. The number of ether oxygens (including phenoxy) is 1. The summed E-state index contributed by atoms with van der Waals surface area (Å²) in [4.78, 5) is 51.5. The van der Waals surface area contributed by atoms with E-state index < -0.39 is 0 Å². The molecule has 0 bridgehead atoms. The Kier molecular flexibility index (Phi) is 12.3. The van der Waals surface area contributed by atoms with Crippen molar-refractivity contribution in [3.63, 3.8) is 0 Å². The number of hydrogen-bond donors (Lipinski definition) is 3. The third kappa shape index (κ3) is 8.72. The van der Waals surface area contributed by atoms with Gasteiger partial charge in [-0.25, -0.2) is 15.3 Å². The van der Waals surface area contributed by atoms with Crippen LogP contribution in [0.2, 0.25) is 0 Å². The molecule has 3 rings (SSSR count). The fraction of sp³-hybridized carbons (Fsp3) is 0.571. The molecule has 0 saturated carbocycles. The van der Waals surface area contributed by atoms with Gasteiger partial charge in [-0.05, 0) is 74.1 Å². The highest BCUT2D eigenvalue weighted by Gasteiger charge is 2.30. The maximum absolute atomic E-state index is 13.0. The van der Waals surface area contributed by atoms with Gasteiger partial charge in [0.1, 0.15) is 5.69 Å². The lowest BCUT2D eigenvalue weighted by Crippen LogP contribution is -2.51. The molecule has 220 valence electrons. The van der Waals surface area contributed by atoms with E-state index in [2.05, 4.69) is 38.3 Å². The van der Waals surface area contributed by atoms with E-state index in [4.69, 9.17) is 9.57 Å². The summed E-state index contributed by atoms with van der Waals surface area (Å²) in [5.74, 6) is -0.477. The van der Waals surface area contributed by atoms with E-state index in [1.807, 2.05) is 23.3 Å². The minimum atomic E-state index is -0.290. The summed E-state index contributed by atoms with van der Waals surface area (Å²) in [7, 11) is 3.02. The summed E-state index contributed by atoms with van der Waals surface area (Å²) >= 11 is 1.62. The minimum absolute atomic E-state index is 0.127. The van der Waals surface area contributed by atoms with E-state index in [9.17, 15) is 14.4 Å². The number of methoxy groups -OCH3 is 1. The molecule has 0 aliphatic carbocycles. The van der Waals surface area contributed by atoms with Crippen LogP contribution in [0, 0.1) is 13.8 Å². The van der Waals surface area contributed by atoms with Gasteiger partial charge in [0.2, 0.25) is 0 Å². The Morgan fingerprint density at radius 3 is 2.50 bits per heavy atom. The second kappa shape index (κ2) is 15.7. The number of nitrogens with zero attached hydrogens (tertiary/aromatic N) is 3. The van der Waals surface area contributed by atoms with Gasteiger partial charge in [-0.3, -0.25) is 14.4 Å². The molecular weight excluding hydrogens is 532 g/mol. The van der Waals surface area contributed by atoms with Crippen molar-refractivity contribution in [3.8, 4) is 0 Å². The molecule has 1 aliphatic rings. The molecule has 3 heterocycles. The second-order valence-corrected chi connectivity index (χ2v) is 10.8. The number of aromatic nitrogens is 1. The van der Waals surface area contributed by atoms with Gasteiger partial charge in [0.05, 0.1) is 25.0 Å². The van der Waals surface area contributed by atoms with Gasteiger partial charge in [-0.2, -0.15) is 11.3 Å². The Labute approximate surface area is 240 Å². The molecule has 1 atom stereocenters. The number of hydrogen-bond acceptors (Lipinski definition) is 8. The number of carbonyl (C=O) groups excluding carboxylic acids is 3. The molecule has 1 fully saturated rings. The molecule has 12 heteroatoms. The molecule has 11 nitrogen and oxygen atoms in total. The maximum Gasteiger partial charge on any atom is 0.341 e. The summed E-state index contributed by atoms with van der Waals surface area (Å²) < 4.78 is 4.96. The largest absolute Gasteiger partial charge is 0.383 e. The number of thiophene rings is 1. The number of likely N-dealkylation sites (tertiary alicyclic amines) is 1. The number of urea groups is 1. The number of piperidine rings is 1. The first kappa shape index (κ1) is 31.5. The lowest BCUT2D eigenvalue weighted by atomic mass is 10.0. The highest BCUT2D eigenvalue weighted by Crippen LogP contribution is 2.22. The monoisotopic (exact) mass is 574 g/mol. The smallest absolute Gasteiger partial charge is 0.341 e. The normalized spacial score (nSPS) is 14.9. The highest BCUT2D eigenvalue weighted by atomic mass is 32.1. The van der Waals surface area contributed by atoms with Crippen LogP contribution in [0.1, 0.15) is 63.9 Å². The first-order valence-corrected chi connectivity index (χ1v) is 14.6. The number of hydroxylamine groups is 1. The van der Waals surface area contributed by atoms with Crippen LogP contribution in [-0.2, 0) is 16.1 Å². The standard InChI is InChI=1S/C28H42N6O5S/c1-19-16-24(26(35)30-11-14-38-4)31-21(3)25(19)27(36)29-10-6-20(2)33-12-7-23(8-13-33)34(28(37)32-39-5)17-22-9-15-40-18-22/h9,15-16,18,20,23H,6-8,10-14,17H2,1-5H3,(H,29,36)(H,30,35)(H,32,37)/t20-/m1/s1. The van der Waals surface area contributed by atoms with Crippen LogP contribution in [0.15, 0.2) is 22.9 Å². The molecule has 2 aromatic rings. The van der Waals surface area contributed by atoms with Gasteiger partial charge >= 0.3 is 6.03 Å². The zero-order valence-corrected chi connectivity index (χ0v) is 24.9. The average molecular weight is 575 g/mol. The summed E-state index contributed by atoms with van der Waals surface area (Å²) in [6, 6.07) is 3.87. The summed E-state index contributed by atoms with van der Waals surface area (Å²) in [5, 5.41) is 9.86. The third-order valence-electron chi connectivity index (χ3n) is 7.24. The Morgan fingerprint density at radius 2 is 1.88 bits per heavy atom. The summed E-state index contributed by atoms with van der Waals surface area (Å²) in [6.07, 6.45) is 2.53. The van der Waals surface area contributed by atoms with Crippen molar-refractivity contribution in [1.29, 1.82) is 0 Å². The van der Waals surface area contributed by atoms with Crippen molar-refractivity contribution >= 4 is 29.2 Å². The Hall–Kier alpha value is -3.06. The molecule has 2 aromatic heterocycles. The molecule has 1 aliphatic heterocycles. The molecule has 0 aromatic carbocycles. The number of rotatable bonds is 13. The Balaban J connectivity index is 1.48. The predicted molar refractivity (Wildman–Crippen MR) is 154 cm³/mol. The number of amides is 4. The second-order valence-electron chi connectivity index (χ2n) is 10.1. The Bertz CT molecular complexity index is 1100. The number of aryl methyl sites for hydroxylation is 2. The maximum atomic E-state index is 13.0. The van der Waals surface area contributed by atoms with Gasteiger partial charge < -0.3 is 25.2 Å². The fourth-order valence-electron chi connectivity index (χ4n) is 5.04. The van der Waals surface area contributed by atoms with E-state index in [0.29, 0.717) is 43.1 Å². The molecule has 1 saturated heterocycles. The fourth-order valence-corrected chi connectivity index (χ4v) is 5.70. The van der Waals surface area contributed by atoms with Gasteiger partial charge in [0.15, 0.2) is 0 Å². The quantitative estimate of drug-likeness (QED) is 0.248. The predicted octanol–water partition coefficient (Wildman–Crippen LogP) is 2.88. The lowest BCUT2D eigenvalue weighted by Gasteiger charge is -2.40. The number of pyridine rings is 1. The average Bonchev–Trinajstić information content (AvgIpc) is 3.45. The van der Waals surface area contributed by atoms with Crippen LogP contribution < -0.4 is 16.1 Å². The van der Waals surface area contributed by atoms with Gasteiger partial charge in [-0.15, -0.1) is 0 Å². The van der Waals surface area contributed by atoms with Crippen molar-refractivity contribution in [2.75, 3.05) is 47.0 Å². The van der Waals surface area contributed by atoms with Crippen molar-refractivity contribution in [2.45, 2.75) is 58.7 Å². The molecular formula is C28H42N6O5S. The summed E-state index contributed by atoms with van der Waals surface area (Å²) in [6.45, 7) is 9.36. The van der Waals surface area contributed by atoms with Crippen LogP contribution >= 0.6 is 11.3 Å². The third-order valence-corrected chi connectivity index (χ3v) is 7.98. The minimum Gasteiger partial charge on any atom is -0.383 e. The first-order chi connectivity index (χ1) is 19.2. The van der Waals surface area contributed by atoms with Crippen molar-refractivity contribution in [3.05, 3.63) is 51.0 Å². The Morgan fingerprint density at radius 1 is 1.15 bits per heavy atom. The zero-order valence-electron chi connectivity index (χ0n) is 24.1. The van der Waals surface area contributed by atoms with Crippen molar-refractivity contribution < 1.29 is 24.0 Å². The van der Waals surface area contributed by atoms with Gasteiger partial charge in [-0.1, -0.05) is 0 Å². The van der Waals surface area contributed by atoms with E-state index in [1.54, 1.807) is 31.4 Å². The lowest BCUT2D eigenvalue weighted by molar-refractivity contribution is 0.0565. The van der Waals surface area contributed by atoms with Crippen LogP contribution in [-0.4, -0.2) is 91.7 Å².